The van der Waals surface area contributed by atoms with Crippen LogP contribution in [0.1, 0.15) is 6.42 Å². The first-order valence-electron chi connectivity index (χ1n) is 3.12. The van der Waals surface area contributed by atoms with Crippen LogP contribution in [0.5, 0.6) is 0 Å². The van der Waals surface area contributed by atoms with Crippen molar-refractivity contribution in [3.63, 3.8) is 0 Å². The molecule has 1 saturated carbocycles. The molecule has 3 N–H and O–H groups in total. The second-order valence-electron chi connectivity index (χ2n) is 2.70. The van der Waals surface area contributed by atoms with E-state index < -0.39 is 11.4 Å². The molecule has 0 saturated heterocycles. The maximum absolute atomic E-state index is 10.4. The van der Waals surface area contributed by atoms with E-state index in [1.54, 1.807) is 0 Å². The second-order valence-corrected chi connectivity index (χ2v) is 2.70. The lowest BCUT2D eigenvalue weighted by Gasteiger charge is -2.05. The molecule has 0 aliphatic heterocycles. The van der Waals surface area contributed by atoms with Gasteiger partial charge in [-0.1, -0.05) is 0 Å². The molecule has 1 aliphatic rings. The van der Waals surface area contributed by atoms with Crippen LogP contribution in [0.15, 0.2) is 0 Å². The standard InChI is InChI=1S/C6H10O4/c7-2-4-1-6(4,3-8)5(9)10/h4,7-8H,1-3H2,(H,9,10)/t4-,6+/m0/s1. The first-order valence-corrected chi connectivity index (χ1v) is 3.12. The quantitative estimate of drug-likeness (QED) is 0.480. The number of hydrogen-bond donors (Lipinski definition) is 3. The van der Waals surface area contributed by atoms with Crippen LogP contribution in [-0.4, -0.2) is 34.5 Å². The number of carboxylic acids is 1. The molecule has 0 aromatic heterocycles. The highest BCUT2D eigenvalue weighted by atomic mass is 16.4. The summed E-state index contributed by atoms with van der Waals surface area (Å²) in [4.78, 5) is 10.4. The Hall–Kier alpha value is -0.610. The van der Waals surface area contributed by atoms with Crippen molar-refractivity contribution in [1.82, 2.24) is 0 Å². The molecule has 0 bridgehead atoms. The van der Waals surface area contributed by atoms with Gasteiger partial charge >= 0.3 is 5.97 Å². The van der Waals surface area contributed by atoms with Crippen LogP contribution in [-0.2, 0) is 4.79 Å². The number of aliphatic hydroxyl groups excluding tert-OH is 2. The summed E-state index contributed by atoms with van der Waals surface area (Å²) in [5, 5.41) is 25.7. The van der Waals surface area contributed by atoms with Crippen molar-refractivity contribution < 1.29 is 20.1 Å². The van der Waals surface area contributed by atoms with Crippen LogP contribution < -0.4 is 0 Å². The highest BCUT2D eigenvalue weighted by Gasteiger charge is 2.59. The van der Waals surface area contributed by atoms with Crippen LogP contribution in [0.3, 0.4) is 0 Å². The zero-order valence-corrected chi connectivity index (χ0v) is 5.45. The van der Waals surface area contributed by atoms with Crippen molar-refractivity contribution >= 4 is 5.97 Å². The lowest BCUT2D eigenvalue weighted by atomic mass is 10.1. The van der Waals surface area contributed by atoms with Crippen molar-refractivity contribution in [1.29, 1.82) is 0 Å². The predicted octanol–water partition coefficient (Wildman–Crippen LogP) is -0.938. The minimum atomic E-state index is -1.02. The number of carboxylic acid groups (broad SMARTS) is 1. The van der Waals surface area contributed by atoms with Gasteiger partial charge in [0.05, 0.1) is 12.0 Å². The molecule has 1 rings (SSSR count). The fraction of sp³-hybridized carbons (Fsp3) is 0.833. The predicted molar refractivity (Wildman–Crippen MR) is 32.3 cm³/mol. The third-order valence-electron chi connectivity index (χ3n) is 2.16. The van der Waals surface area contributed by atoms with Crippen molar-refractivity contribution in [2.75, 3.05) is 13.2 Å². The SMILES string of the molecule is O=C(O)[C@@]1(CO)C[C@H]1CO. The number of aliphatic hydroxyl groups is 2. The molecular formula is C6H10O4. The minimum Gasteiger partial charge on any atom is -0.481 e. The largest absolute Gasteiger partial charge is 0.481 e. The topological polar surface area (TPSA) is 77.8 Å². The molecule has 1 aliphatic carbocycles. The average molecular weight is 146 g/mol. The second kappa shape index (κ2) is 2.21. The monoisotopic (exact) mass is 146 g/mol. The highest BCUT2D eigenvalue weighted by molar-refractivity contribution is 5.78. The van der Waals surface area contributed by atoms with E-state index in [0.717, 1.165) is 0 Å². The summed E-state index contributed by atoms with van der Waals surface area (Å²) in [6.45, 7) is -0.513. The van der Waals surface area contributed by atoms with Crippen molar-refractivity contribution in [3.8, 4) is 0 Å². The smallest absolute Gasteiger partial charge is 0.312 e. The highest BCUT2D eigenvalue weighted by Crippen LogP contribution is 2.51. The van der Waals surface area contributed by atoms with Gasteiger partial charge < -0.3 is 15.3 Å². The molecule has 0 radical (unpaired) electrons. The summed E-state index contributed by atoms with van der Waals surface area (Å²) < 4.78 is 0. The Kier molecular flexibility index (Phi) is 1.66. The minimum absolute atomic E-state index is 0.146. The van der Waals surface area contributed by atoms with Crippen molar-refractivity contribution in [3.05, 3.63) is 0 Å². The van der Waals surface area contributed by atoms with Gasteiger partial charge in [-0.25, -0.2) is 0 Å². The Morgan fingerprint density at radius 2 is 2.20 bits per heavy atom. The van der Waals surface area contributed by atoms with Gasteiger partial charge in [0.1, 0.15) is 0 Å². The van der Waals surface area contributed by atoms with E-state index >= 15 is 0 Å². The van der Waals surface area contributed by atoms with Gasteiger partial charge in [0.15, 0.2) is 0 Å². The molecule has 4 heteroatoms. The first-order chi connectivity index (χ1) is 4.67. The van der Waals surface area contributed by atoms with Crippen molar-refractivity contribution in [2.24, 2.45) is 11.3 Å². The van der Waals surface area contributed by atoms with Crippen LogP contribution in [0.2, 0.25) is 0 Å². The van der Waals surface area contributed by atoms with Gasteiger partial charge in [-0.05, 0) is 6.42 Å². The molecule has 58 valence electrons. The summed E-state index contributed by atoms with van der Waals surface area (Å²) in [6.07, 6.45) is 0.398. The summed E-state index contributed by atoms with van der Waals surface area (Å²) in [6, 6.07) is 0. The zero-order chi connectivity index (χ0) is 7.78. The summed E-state index contributed by atoms with van der Waals surface area (Å²) >= 11 is 0. The zero-order valence-electron chi connectivity index (χ0n) is 5.45. The van der Waals surface area contributed by atoms with Gasteiger partial charge in [0.2, 0.25) is 0 Å². The van der Waals surface area contributed by atoms with Gasteiger partial charge in [0.25, 0.3) is 0 Å². The normalized spacial score (nSPS) is 37.6. The molecule has 0 aromatic carbocycles. The lowest BCUT2D eigenvalue weighted by molar-refractivity contribution is -0.145. The maximum atomic E-state index is 10.4. The number of carbonyl (C=O) groups is 1. The number of rotatable bonds is 3. The first kappa shape index (κ1) is 7.50. The average Bonchev–Trinajstić information content (AvgIpc) is 2.62. The molecule has 10 heavy (non-hydrogen) atoms. The van der Waals surface area contributed by atoms with Crippen LogP contribution in [0, 0.1) is 11.3 Å². The van der Waals surface area contributed by atoms with Gasteiger partial charge in [0, 0.05) is 12.5 Å². The van der Waals surface area contributed by atoms with Gasteiger partial charge in [-0.15, -0.1) is 0 Å². The van der Waals surface area contributed by atoms with E-state index in [1.165, 1.54) is 0 Å². The van der Waals surface area contributed by atoms with E-state index in [-0.39, 0.29) is 19.1 Å². The fourth-order valence-corrected chi connectivity index (χ4v) is 1.14. The lowest BCUT2D eigenvalue weighted by Crippen LogP contribution is -2.22. The third-order valence-corrected chi connectivity index (χ3v) is 2.16. The fourth-order valence-electron chi connectivity index (χ4n) is 1.14. The van der Waals surface area contributed by atoms with E-state index in [1.807, 2.05) is 0 Å². The Morgan fingerprint density at radius 3 is 2.30 bits per heavy atom. The Balaban J connectivity index is 2.59. The van der Waals surface area contributed by atoms with Crippen LogP contribution in [0.4, 0.5) is 0 Å². The molecule has 1 fully saturated rings. The molecule has 0 aromatic rings. The number of hydrogen-bond acceptors (Lipinski definition) is 3. The van der Waals surface area contributed by atoms with Gasteiger partial charge in [-0.3, -0.25) is 4.79 Å². The van der Waals surface area contributed by atoms with Crippen LogP contribution >= 0.6 is 0 Å². The molecule has 4 nitrogen and oxygen atoms in total. The van der Waals surface area contributed by atoms with E-state index in [2.05, 4.69) is 0 Å². The Morgan fingerprint density at radius 1 is 1.60 bits per heavy atom. The summed E-state index contributed by atoms with van der Waals surface area (Å²) in [5.74, 6) is -1.25. The Labute approximate surface area is 58.1 Å². The van der Waals surface area contributed by atoms with E-state index in [0.29, 0.717) is 6.42 Å². The molecular weight excluding hydrogens is 136 g/mol. The van der Waals surface area contributed by atoms with E-state index in [4.69, 9.17) is 15.3 Å². The molecule has 0 unspecified atom stereocenters. The van der Waals surface area contributed by atoms with Crippen LogP contribution in [0.25, 0.3) is 0 Å². The molecule has 0 spiro atoms. The summed E-state index contributed by atoms with van der Waals surface area (Å²) in [5.41, 5.74) is -1.02. The van der Waals surface area contributed by atoms with E-state index in [9.17, 15) is 4.79 Å². The molecule has 0 amide bonds. The summed E-state index contributed by atoms with van der Waals surface area (Å²) in [7, 11) is 0. The molecule has 2 atom stereocenters. The maximum Gasteiger partial charge on any atom is 0.312 e. The third kappa shape index (κ3) is 0.803. The van der Waals surface area contributed by atoms with Gasteiger partial charge in [-0.2, -0.15) is 0 Å². The molecule has 0 heterocycles. The van der Waals surface area contributed by atoms with Crippen molar-refractivity contribution in [2.45, 2.75) is 6.42 Å². The Bertz CT molecular complexity index is 156. The number of aliphatic carboxylic acids is 1.